The maximum Gasteiger partial charge on any atom is 0.272 e. The van der Waals surface area contributed by atoms with Crippen LogP contribution in [0.15, 0.2) is 83.5 Å². The van der Waals surface area contributed by atoms with Gasteiger partial charge in [0.2, 0.25) is 0 Å². The average Bonchev–Trinajstić information content (AvgIpc) is 3.44. The Hall–Kier alpha value is -3.80. The molecule has 0 N–H and O–H groups in total. The summed E-state index contributed by atoms with van der Waals surface area (Å²) in [5, 5.41) is 4.62. The van der Waals surface area contributed by atoms with Crippen LogP contribution in [0.5, 0.6) is 5.75 Å². The van der Waals surface area contributed by atoms with Crippen LogP contribution >= 0.6 is 0 Å². The first kappa shape index (κ1) is 18.6. The smallest absolute Gasteiger partial charge is 0.272 e. The normalized spacial score (nSPS) is 10.7. The fraction of sp³-hybridized carbons (Fsp3) is 0.130. The summed E-state index contributed by atoms with van der Waals surface area (Å²) >= 11 is 0. The van der Waals surface area contributed by atoms with Crippen LogP contribution in [0.1, 0.15) is 16.1 Å². The molecule has 4 aromatic rings. The van der Waals surface area contributed by atoms with Gasteiger partial charge in [-0.1, -0.05) is 30.3 Å². The van der Waals surface area contributed by atoms with Crippen LogP contribution in [0.2, 0.25) is 0 Å². The van der Waals surface area contributed by atoms with Gasteiger partial charge in [0, 0.05) is 19.7 Å². The molecule has 0 fully saturated rings. The first-order valence-corrected chi connectivity index (χ1v) is 9.23. The molecule has 2 aromatic carbocycles. The van der Waals surface area contributed by atoms with Gasteiger partial charge in [-0.3, -0.25) is 4.79 Å². The first-order chi connectivity index (χ1) is 14.2. The second kappa shape index (κ2) is 8.06. The number of hydrogen-bond acceptors (Lipinski definition) is 4. The third-order valence-electron chi connectivity index (χ3n) is 4.60. The van der Waals surface area contributed by atoms with Crippen LogP contribution < -0.4 is 4.74 Å². The van der Waals surface area contributed by atoms with Crippen molar-refractivity contribution in [1.29, 1.82) is 0 Å². The summed E-state index contributed by atoms with van der Waals surface area (Å²) in [6.45, 7) is 0.450. The van der Waals surface area contributed by atoms with Crippen molar-refractivity contribution < 1.29 is 13.9 Å². The van der Waals surface area contributed by atoms with E-state index >= 15 is 0 Å². The molecule has 4 rings (SSSR count). The van der Waals surface area contributed by atoms with Gasteiger partial charge in [0.05, 0.1) is 19.1 Å². The largest absolute Gasteiger partial charge is 0.497 e. The molecule has 2 aromatic heterocycles. The number of furan rings is 1. The van der Waals surface area contributed by atoms with Gasteiger partial charge in [0.25, 0.3) is 5.91 Å². The molecule has 0 spiro atoms. The predicted molar refractivity (Wildman–Crippen MR) is 110 cm³/mol. The Bertz CT molecular complexity index is 1100. The van der Waals surface area contributed by atoms with Crippen molar-refractivity contribution in [3.63, 3.8) is 0 Å². The monoisotopic (exact) mass is 387 g/mol. The molecule has 0 atom stereocenters. The Morgan fingerprint density at radius 3 is 2.62 bits per heavy atom. The van der Waals surface area contributed by atoms with Crippen LogP contribution in [0.25, 0.3) is 17.1 Å². The SMILES string of the molecule is COc1cccc(CN(C)C(=O)c2cc(-c3ccco3)nn2-c2ccccc2)c1. The number of methoxy groups -OCH3 is 1. The van der Waals surface area contributed by atoms with Crippen LogP contribution in [0.4, 0.5) is 0 Å². The number of benzene rings is 2. The summed E-state index contributed by atoms with van der Waals surface area (Å²) in [6, 6.07) is 22.7. The van der Waals surface area contributed by atoms with Crippen LogP contribution in [-0.4, -0.2) is 34.7 Å². The third kappa shape index (κ3) is 3.91. The zero-order chi connectivity index (χ0) is 20.2. The lowest BCUT2D eigenvalue weighted by Crippen LogP contribution is -2.28. The number of amides is 1. The fourth-order valence-electron chi connectivity index (χ4n) is 3.16. The maximum absolute atomic E-state index is 13.3. The van der Waals surface area contributed by atoms with E-state index in [1.54, 1.807) is 42.1 Å². The summed E-state index contributed by atoms with van der Waals surface area (Å²) in [5.41, 5.74) is 2.87. The Morgan fingerprint density at radius 1 is 1.07 bits per heavy atom. The highest BCUT2D eigenvalue weighted by Gasteiger charge is 2.21. The average molecular weight is 387 g/mol. The Labute approximate surface area is 168 Å². The summed E-state index contributed by atoms with van der Waals surface area (Å²) < 4.78 is 12.4. The Morgan fingerprint density at radius 2 is 1.90 bits per heavy atom. The molecule has 1 amide bonds. The molecule has 29 heavy (non-hydrogen) atoms. The van der Waals surface area contributed by atoms with Gasteiger partial charge in [0.15, 0.2) is 5.76 Å². The Kier molecular flexibility index (Phi) is 5.16. The van der Waals surface area contributed by atoms with E-state index in [0.29, 0.717) is 23.7 Å². The molecule has 0 saturated carbocycles. The molecule has 0 aliphatic rings. The molecule has 2 heterocycles. The van der Waals surface area contributed by atoms with Gasteiger partial charge >= 0.3 is 0 Å². The van der Waals surface area contributed by atoms with Gasteiger partial charge in [-0.05, 0) is 42.0 Å². The van der Waals surface area contributed by atoms with Crippen molar-refractivity contribution in [2.75, 3.05) is 14.2 Å². The zero-order valence-electron chi connectivity index (χ0n) is 16.3. The van der Waals surface area contributed by atoms with Crippen molar-refractivity contribution >= 4 is 5.91 Å². The van der Waals surface area contributed by atoms with E-state index in [2.05, 4.69) is 5.10 Å². The van der Waals surface area contributed by atoms with Crippen LogP contribution in [-0.2, 0) is 6.54 Å². The number of para-hydroxylation sites is 1. The molecule has 6 nitrogen and oxygen atoms in total. The van der Waals surface area contributed by atoms with Crippen molar-refractivity contribution in [2.24, 2.45) is 0 Å². The number of carbonyl (C=O) groups excluding carboxylic acids is 1. The highest BCUT2D eigenvalue weighted by Crippen LogP contribution is 2.23. The standard InChI is InChI=1S/C23H21N3O3/c1-25(16-17-8-6-11-19(14-17)28-2)23(27)21-15-20(22-12-7-13-29-22)24-26(21)18-9-4-3-5-10-18/h3-15H,16H2,1-2H3. The van der Waals surface area contributed by atoms with Gasteiger partial charge in [0.1, 0.15) is 17.1 Å². The summed E-state index contributed by atoms with van der Waals surface area (Å²) in [7, 11) is 3.40. The summed E-state index contributed by atoms with van der Waals surface area (Å²) in [6.07, 6.45) is 1.59. The van der Waals surface area contributed by atoms with Crippen LogP contribution in [0, 0.1) is 0 Å². The van der Waals surface area contributed by atoms with E-state index in [9.17, 15) is 4.79 Å². The molecule has 0 saturated heterocycles. The number of rotatable bonds is 6. The predicted octanol–water partition coefficient (Wildman–Crippen LogP) is 4.41. The lowest BCUT2D eigenvalue weighted by molar-refractivity contribution is 0.0776. The molecule has 0 radical (unpaired) electrons. The molecule has 146 valence electrons. The van der Waals surface area contributed by atoms with E-state index in [1.165, 1.54) is 0 Å². The highest BCUT2D eigenvalue weighted by molar-refractivity contribution is 5.94. The number of carbonyl (C=O) groups is 1. The number of ether oxygens (including phenoxy) is 1. The van der Waals surface area contributed by atoms with Crippen LogP contribution in [0.3, 0.4) is 0 Å². The van der Waals surface area contributed by atoms with E-state index in [-0.39, 0.29) is 5.91 Å². The fourth-order valence-corrected chi connectivity index (χ4v) is 3.16. The number of hydrogen-bond donors (Lipinski definition) is 0. The van der Waals surface area contributed by atoms with E-state index in [1.807, 2.05) is 60.7 Å². The molecule has 0 aliphatic carbocycles. The molecule has 6 heteroatoms. The van der Waals surface area contributed by atoms with Crippen molar-refractivity contribution in [2.45, 2.75) is 6.54 Å². The second-order valence-electron chi connectivity index (χ2n) is 6.65. The number of nitrogens with zero attached hydrogens (tertiary/aromatic N) is 3. The first-order valence-electron chi connectivity index (χ1n) is 9.23. The van der Waals surface area contributed by atoms with Gasteiger partial charge < -0.3 is 14.1 Å². The summed E-state index contributed by atoms with van der Waals surface area (Å²) in [5.74, 6) is 1.24. The Balaban J connectivity index is 1.67. The van der Waals surface area contributed by atoms with Crippen molar-refractivity contribution in [3.05, 3.63) is 90.3 Å². The van der Waals surface area contributed by atoms with Crippen molar-refractivity contribution in [3.8, 4) is 22.9 Å². The van der Waals surface area contributed by atoms with E-state index in [4.69, 9.17) is 9.15 Å². The molecule has 0 unspecified atom stereocenters. The van der Waals surface area contributed by atoms with Gasteiger partial charge in [-0.25, -0.2) is 4.68 Å². The zero-order valence-corrected chi connectivity index (χ0v) is 16.3. The molecular formula is C23H21N3O3. The van der Waals surface area contributed by atoms with E-state index in [0.717, 1.165) is 17.0 Å². The molecule has 0 bridgehead atoms. The lowest BCUT2D eigenvalue weighted by atomic mass is 10.2. The highest BCUT2D eigenvalue weighted by atomic mass is 16.5. The third-order valence-corrected chi connectivity index (χ3v) is 4.60. The quantitative estimate of drug-likeness (QED) is 0.492. The second-order valence-corrected chi connectivity index (χ2v) is 6.65. The minimum Gasteiger partial charge on any atom is -0.497 e. The van der Waals surface area contributed by atoms with Gasteiger partial charge in [-0.2, -0.15) is 5.10 Å². The minimum absolute atomic E-state index is 0.137. The number of aromatic nitrogens is 2. The lowest BCUT2D eigenvalue weighted by Gasteiger charge is -2.18. The minimum atomic E-state index is -0.137. The van der Waals surface area contributed by atoms with Gasteiger partial charge in [-0.15, -0.1) is 0 Å². The molecule has 0 aliphatic heterocycles. The maximum atomic E-state index is 13.3. The molecular weight excluding hydrogens is 366 g/mol. The van der Waals surface area contributed by atoms with Crippen molar-refractivity contribution in [1.82, 2.24) is 14.7 Å². The summed E-state index contributed by atoms with van der Waals surface area (Å²) in [4.78, 5) is 14.9. The topological polar surface area (TPSA) is 60.5 Å². The van der Waals surface area contributed by atoms with E-state index < -0.39 is 0 Å².